The zero-order valence-corrected chi connectivity index (χ0v) is 49.6. The van der Waals surface area contributed by atoms with Crippen LogP contribution in [0.15, 0.2) is 334 Å². The van der Waals surface area contributed by atoms with E-state index in [1.165, 1.54) is 88.0 Å². The molecule has 91 heavy (non-hydrogen) atoms. The molecule has 1 aromatic heterocycles. The quantitative estimate of drug-likeness (QED) is 0.145. The van der Waals surface area contributed by atoms with Crippen molar-refractivity contribution < 1.29 is 0 Å². The van der Waals surface area contributed by atoms with Crippen molar-refractivity contribution in [3.8, 4) is 123 Å². The Kier molecular flexibility index (Phi) is 12.1. The van der Waals surface area contributed by atoms with E-state index < -0.39 is 5.41 Å². The average Bonchev–Trinajstić information content (AvgIpc) is 1.51. The van der Waals surface area contributed by atoms with Crippen LogP contribution in [-0.4, -0.2) is 15.0 Å². The van der Waals surface area contributed by atoms with Gasteiger partial charge < -0.3 is 0 Å². The van der Waals surface area contributed by atoms with Crippen molar-refractivity contribution in [2.24, 2.45) is 0 Å². The molecular formula is C88H55N3. The van der Waals surface area contributed by atoms with Crippen LogP contribution in [0.5, 0.6) is 0 Å². The van der Waals surface area contributed by atoms with E-state index in [2.05, 4.69) is 334 Å². The predicted octanol–water partition coefficient (Wildman–Crippen LogP) is 22.7. The Labute approximate surface area is 528 Å². The lowest BCUT2D eigenvalue weighted by atomic mass is 9.70. The van der Waals surface area contributed by atoms with Crippen molar-refractivity contribution in [2.45, 2.75) is 5.41 Å². The minimum atomic E-state index is -0.541. The third-order valence-electron chi connectivity index (χ3n) is 19.1. The molecule has 3 heteroatoms. The second kappa shape index (κ2) is 21.2. The first-order chi connectivity index (χ1) is 45.1. The van der Waals surface area contributed by atoms with Gasteiger partial charge >= 0.3 is 0 Å². The molecule has 16 aromatic rings. The molecule has 0 bridgehead atoms. The number of hydrogen-bond donors (Lipinski definition) is 0. The zero-order valence-electron chi connectivity index (χ0n) is 49.6. The number of aromatic nitrogens is 3. The smallest absolute Gasteiger partial charge is 0.164 e. The van der Waals surface area contributed by atoms with Gasteiger partial charge in [-0.2, -0.15) is 0 Å². The second-order valence-electron chi connectivity index (χ2n) is 24.1. The van der Waals surface area contributed by atoms with E-state index in [4.69, 9.17) is 15.0 Å². The molecule has 2 aliphatic carbocycles. The van der Waals surface area contributed by atoms with E-state index >= 15 is 0 Å². The molecule has 0 N–H and O–H groups in total. The summed E-state index contributed by atoms with van der Waals surface area (Å²) in [4.78, 5) is 16.9. The summed E-state index contributed by atoms with van der Waals surface area (Å²) >= 11 is 0. The first kappa shape index (κ1) is 52.2. The number of fused-ring (bicyclic) bond motifs is 13. The van der Waals surface area contributed by atoms with Crippen LogP contribution in [0.3, 0.4) is 0 Å². The molecule has 422 valence electrons. The first-order valence-electron chi connectivity index (χ1n) is 31.3. The maximum absolute atomic E-state index is 5.66. The Bertz CT molecular complexity index is 5460. The van der Waals surface area contributed by atoms with Gasteiger partial charge in [0.1, 0.15) is 0 Å². The van der Waals surface area contributed by atoms with Crippen LogP contribution in [-0.2, 0) is 5.41 Å². The third kappa shape index (κ3) is 8.54. The lowest BCUT2D eigenvalue weighted by Gasteiger charge is -2.30. The molecule has 0 saturated carbocycles. The second-order valence-corrected chi connectivity index (χ2v) is 24.1. The standard InChI is InChI=1S/C88H55N3/c1-2-22-56(23-3-1)64-50-65(52-67(51-64)73-40-18-27-57-24-4-7-34-70(57)73)60-30-16-32-62(48-60)85-89-86(91-87(90-85)79-43-21-47-83-84(79)78-39-12-15-46-82(78)88(83)80-44-13-10-37-76(80)77-38-11-14-45-81(77)88)63-33-17-31-61(49-63)66-53-68(74-41-19-28-58-25-5-8-35-71(58)74)55-69(54-66)75-42-20-29-59-26-6-9-36-72(59)75/h1-55H. The van der Waals surface area contributed by atoms with Gasteiger partial charge in [0.2, 0.25) is 0 Å². The molecule has 0 radical (unpaired) electrons. The predicted molar refractivity (Wildman–Crippen MR) is 378 cm³/mol. The summed E-state index contributed by atoms with van der Waals surface area (Å²) in [6.45, 7) is 0. The Balaban J connectivity index is 0.845. The van der Waals surface area contributed by atoms with Crippen LogP contribution in [0.1, 0.15) is 22.3 Å². The van der Waals surface area contributed by atoms with Crippen LogP contribution >= 0.6 is 0 Å². The molecular weight excluding hydrogens is 1100 g/mol. The van der Waals surface area contributed by atoms with E-state index in [1.807, 2.05) is 0 Å². The molecule has 0 fully saturated rings. The highest BCUT2D eigenvalue weighted by molar-refractivity contribution is 6.04. The van der Waals surface area contributed by atoms with Gasteiger partial charge in [-0.15, -0.1) is 0 Å². The summed E-state index contributed by atoms with van der Waals surface area (Å²) < 4.78 is 0. The van der Waals surface area contributed by atoms with E-state index in [-0.39, 0.29) is 0 Å². The van der Waals surface area contributed by atoms with Crippen molar-refractivity contribution >= 4 is 32.3 Å². The highest BCUT2D eigenvalue weighted by Crippen LogP contribution is 2.64. The molecule has 1 spiro atoms. The fraction of sp³-hybridized carbons (Fsp3) is 0.0114. The molecule has 2 aliphatic rings. The maximum atomic E-state index is 5.66. The van der Waals surface area contributed by atoms with Gasteiger partial charge in [-0.3, -0.25) is 0 Å². The lowest BCUT2D eigenvalue weighted by Crippen LogP contribution is -2.25. The summed E-state index contributed by atoms with van der Waals surface area (Å²) in [5.74, 6) is 1.79. The zero-order chi connectivity index (χ0) is 60.0. The fourth-order valence-corrected chi connectivity index (χ4v) is 15.0. The van der Waals surface area contributed by atoms with E-state index in [1.54, 1.807) is 0 Å². The van der Waals surface area contributed by atoms with Gasteiger partial charge in [0.25, 0.3) is 0 Å². The Morgan fingerprint density at radius 3 is 0.978 bits per heavy atom. The SMILES string of the molecule is c1ccc(-c2cc(-c3cccc(-c4nc(-c5cccc(-c6cc(-c7cccc8ccccc78)cc(-c7cccc8ccccc78)c6)c5)nc(-c5cccc6c5-c5ccccc5C65c6ccccc6-c6ccccc65)n4)c3)cc(-c3cccc4ccccc34)c2)cc1. The van der Waals surface area contributed by atoms with E-state index in [9.17, 15) is 0 Å². The minimum Gasteiger partial charge on any atom is -0.208 e. The van der Waals surface area contributed by atoms with E-state index in [0.29, 0.717) is 17.5 Å². The average molecular weight is 1150 g/mol. The minimum absolute atomic E-state index is 0.541. The molecule has 0 saturated heterocycles. The van der Waals surface area contributed by atoms with Crippen LogP contribution < -0.4 is 0 Å². The Morgan fingerprint density at radius 2 is 0.473 bits per heavy atom. The number of benzene rings is 15. The van der Waals surface area contributed by atoms with Gasteiger partial charge in [0, 0.05) is 16.7 Å². The number of hydrogen-bond acceptors (Lipinski definition) is 3. The molecule has 3 nitrogen and oxygen atoms in total. The summed E-state index contributed by atoms with van der Waals surface area (Å²) in [6.07, 6.45) is 0. The third-order valence-corrected chi connectivity index (χ3v) is 19.1. The normalized spacial score (nSPS) is 12.5. The number of rotatable bonds is 9. The van der Waals surface area contributed by atoms with Crippen LogP contribution in [0.25, 0.3) is 155 Å². The summed E-state index contributed by atoms with van der Waals surface area (Å²) in [5.41, 5.74) is 25.7. The first-order valence-corrected chi connectivity index (χ1v) is 31.3. The summed E-state index contributed by atoms with van der Waals surface area (Å²) in [6, 6.07) is 122. The van der Waals surface area contributed by atoms with Crippen LogP contribution in [0, 0.1) is 0 Å². The van der Waals surface area contributed by atoms with Crippen molar-refractivity contribution in [1.82, 2.24) is 15.0 Å². The molecule has 1 heterocycles. The van der Waals surface area contributed by atoms with Crippen molar-refractivity contribution in [1.29, 1.82) is 0 Å². The molecule has 15 aromatic carbocycles. The van der Waals surface area contributed by atoms with Gasteiger partial charge in [-0.05, 0) is 192 Å². The molecule has 0 amide bonds. The molecule has 18 rings (SSSR count). The maximum Gasteiger partial charge on any atom is 0.164 e. The van der Waals surface area contributed by atoms with Crippen molar-refractivity contribution in [3.05, 3.63) is 356 Å². The number of nitrogens with zero attached hydrogens (tertiary/aromatic N) is 3. The van der Waals surface area contributed by atoms with Gasteiger partial charge in [-0.1, -0.05) is 285 Å². The lowest BCUT2D eigenvalue weighted by molar-refractivity contribution is 0.794. The van der Waals surface area contributed by atoms with Crippen LogP contribution in [0.4, 0.5) is 0 Å². The van der Waals surface area contributed by atoms with Gasteiger partial charge in [-0.25, -0.2) is 15.0 Å². The van der Waals surface area contributed by atoms with Crippen molar-refractivity contribution in [3.63, 3.8) is 0 Å². The summed E-state index contributed by atoms with van der Waals surface area (Å²) in [7, 11) is 0. The largest absolute Gasteiger partial charge is 0.208 e. The Hall–Kier alpha value is -11.9. The van der Waals surface area contributed by atoms with Crippen LogP contribution in [0.2, 0.25) is 0 Å². The monoisotopic (exact) mass is 1150 g/mol. The molecule has 0 atom stereocenters. The molecule has 0 unspecified atom stereocenters. The Morgan fingerprint density at radius 1 is 0.176 bits per heavy atom. The van der Waals surface area contributed by atoms with Gasteiger partial charge in [0.05, 0.1) is 5.41 Å². The molecule has 0 aliphatic heterocycles. The highest BCUT2D eigenvalue weighted by Gasteiger charge is 2.52. The summed E-state index contributed by atoms with van der Waals surface area (Å²) in [5, 5.41) is 7.27. The highest BCUT2D eigenvalue weighted by atomic mass is 15.0. The van der Waals surface area contributed by atoms with Gasteiger partial charge in [0.15, 0.2) is 17.5 Å². The topological polar surface area (TPSA) is 38.7 Å². The van der Waals surface area contributed by atoms with E-state index in [0.717, 1.165) is 72.3 Å². The fourth-order valence-electron chi connectivity index (χ4n) is 15.0. The van der Waals surface area contributed by atoms with Crippen molar-refractivity contribution in [2.75, 3.05) is 0 Å².